The maximum atomic E-state index is 14.5. The van der Waals surface area contributed by atoms with Crippen molar-refractivity contribution in [2.45, 2.75) is 78.8 Å². The number of anilines is 1. The summed E-state index contributed by atoms with van der Waals surface area (Å²) >= 11 is 0. The van der Waals surface area contributed by atoms with Gasteiger partial charge in [0.05, 0.1) is 25.7 Å². The number of nitrogens with one attached hydrogen (secondary N) is 3. The van der Waals surface area contributed by atoms with Crippen LogP contribution in [0.5, 0.6) is 5.75 Å². The van der Waals surface area contributed by atoms with E-state index in [1.807, 2.05) is 55.4 Å². The number of amides is 3. The molecule has 8 atom stereocenters. The molecular weight excluding hydrogens is 636 g/mol. The SMILES string of the molecule is CNC(=O)O[C@@H](C)[C@@H]1[C@H](CN)ON(Cc2cccc(-c3cc(C(=O)NC)cc(N(C)C)c3)c2OC)[C@@H]1C(=O)N[C@H]1C[C@@H](C)C(C)(C)[C@@H](C)[C@@H]1C. The number of benzene rings is 2. The second-order valence-corrected chi connectivity index (χ2v) is 14.8. The van der Waals surface area contributed by atoms with Crippen molar-refractivity contribution in [3.63, 3.8) is 0 Å². The molecule has 2 aliphatic rings. The molecule has 1 heterocycles. The molecule has 5 N–H and O–H groups in total. The molecule has 12 heteroatoms. The lowest BCUT2D eigenvalue weighted by atomic mass is 9.58. The highest BCUT2D eigenvalue weighted by Crippen LogP contribution is 2.47. The molecule has 4 rings (SSSR count). The third-order valence-corrected chi connectivity index (χ3v) is 11.6. The number of carbonyl (C=O) groups excluding carboxylic acids is 3. The van der Waals surface area contributed by atoms with E-state index in [4.69, 9.17) is 20.0 Å². The van der Waals surface area contributed by atoms with Crippen LogP contribution in [-0.4, -0.2) is 89.1 Å². The average Bonchev–Trinajstić information content (AvgIpc) is 3.47. The van der Waals surface area contributed by atoms with E-state index >= 15 is 0 Å². The Labute approximate surface area is 297 Å². The first-order valence-electron chi connectivity index (χ1n) is 17.6. The summed E-state index contributed by atoms with van der Waals surface area (Å²) in [6.07, 6.45) is -1.02. The predicted molar refractivity (Wildman–Crippen MR) is 196 cm³/mol. The molecule has 1 aliphatic heterocycles. The van der Waals surface area contributed by atoms with Crippen molar-refractivity contribution in [3.05, 3.63) is 47.5 Å². The monoisotopic (exact) mass is 694 g/mol. The lowest BCUT2D eigenvalue weighted by Crippen LogP contribution is -2.57. The number of alkyl carbamates (subject to hydrolysis) is 1. The number of para-hydroxylation sites is 1. The van der Waals surface area contributed by atoms with Crippen LogP contribution in [-0.2, 0) is 20.9 Å². The summed E-state index contributed by atoms with van der Waals surface area (Å²) in [5.74, 6) is 0.677. The van der Waals surface area contributed by atoms with Gasteiger partial charge in [-0.2, -0.15) is 5.06 Å². The summed E-state index contributed by atoms with van der Waals surface area (Å²) in [5.41, 5.74) is 10.1. The van der Waals surface area contributed by atoms with E-state index in [1.54, 1.807) is 26.1 Å². The van der Waals surface area contributed by atoms with Gasteiger partial charge in [-0.3, -0.25) is 14.4 Å². The minimum absolute atomic E-state index is 0.0357. The minimum atomic E-state index is -0.818. The Kier molecular flexibility index (Phi) is 12.5. The Morgan fingerprint density at radius 1 is 1.10 bits per heavy atom. The molecule has 2 aromatic carbocycles. The number of nitrogens with zero attached hydrogens (tertiary/aromatic N) is 2. The molecule has 0 aromatic heterocycles. The van der Waals surface area contributed by atoms with Gasteiger partial charge < -0.3 is 36.1 Å². The predicted octanol–water partition coefficient (Wildman–Crippen LogP) is 4.41. The van der Waals surface area contributed by atoms with Crippen LogP contribution in [0.1, 0.15) is 63.9 Å². The van der Waals surface area contributed by atoms with Crippen LogP contribution in [0.3, 0.4) is 0 Å². The fraction of sp³-hybridized carbons (Fsp3) is 0.605. The first-order chi connectivity index (χ1) is 23.6. The average molecular weight is 695 g/mol. The maximum absolute atomic E-state index is 14.5. The third kappa shape index (κ3) is 7.87. The van der Waals surface area contributed by atoms with Crippen LogP contribution in [0.4, 0.5) is 10.5 Å². The molecule has 50 heavy (non-hydrogen) atoms. The topological polar surface area (TPSA) is 147 Å². The minimum Gasteiger partial charge on any atom is -0.496 e. The molecule has 3 amide bonds. The first-order valence-corrected chi connectivity index (χ1v) is 17.6. The highest BCUT2D eigenvalue weighted by molar-refractivity contribution is 5.97. The van der Waals surface area contributed by atoms with Gasteiger partial charge in [-0.1, -0.05) is 52.8 Å². The van der Waals surface area contributed by atoms with Gasteiger partial charge in [-0.05, 0) is 60.3 Å². The highest BCUT2D eigenvalue weighted by atomic mass is 16.7. The summed E-state index contributed by atoms with van der Waals surface area (Å²) in [6, 6.07) is 10.6. The molecule has 12 nitrogen and oxygen atoms in total. The standard InChI is InChI=1S/C38H58N6O6/c1-21-15-30(22(2)23(3)38(21,5)6)42-36(46)33-32(24(4)49-37(47)41-8)31(19-39)50-44(33)20-25-13-12-14-29(34(25)48-11)26-16-27(35(45)40-7)18-28(17-26)43(9)10/h12-14,16-18,21-24,30-33H,15,19-20,39H2,1-11H3,(H,40,45)(H,41,47)(H,42,46)/t21-,22+,23+,24+,30+,31+,32-,33+/m1/s1. The number of methoxy groups -OCH3 is 1. The maximum Gasteiger partial charge on any atom is 0.407 e. The van der Waals surface area contributed by atoms with E-state index in [0.717, 1.165) is 28.8 Å². The smallest absolute Gasteiger partial charge is 0.407 e. The van der Waals surface area contributed by atoms with E-state index in [2.05, 4.69) is 50.6 Å². The van der Waals surface area contributed by atoms with E-state index in [-0.39, 0.29) is 42.3 Å². The zero-order valence-corrected chi connectivity index (χ0v) is 31.6. The summed E-state index contributed by atoms with van der Waals surface area (Å²) < 4.78 is 11.7. The van der Waals surface area contributed by atoms with Crippen molar-refractivity contribution in [3.8, 4) is 16.9 Å². The Hall–Kier alpha value is -3.87. The van der Waals surface area contributed by atoms with Gasteiger partial charge in [-0.25, -0.2) is 4.79 Å². The summed E-state index contributed by atoms with van der Waals surface area (Å²) in [4.78, 5) is 48.0. The fourth-order valence-electron chi connectivity index (χ4n) is 7.69. The molecule has 2 aromatic rings. The molecule has 0 bridgehead atoms. The molecule has 1 saturated carbocycles. The van der Waals surface area contributed by atoms with E-state index in [0.29, 0.717) is 23.1 Å². The second kappa shape index (κ2) is 16.0. The second-order valence-electron chi connectivity index (χ2n) is 14.8. The largest absolute Gasteiger partial charge is 0.496 e. The summed E-state index contributed by atoms with van der Waals surface area (Å²) in [5, 5.41) is 10.3. The van der Waals surface area contributed by atoms with Crippen LogP contribution in [0, 0.1) is 29.1 Å². The van der Waals surface area contributed by atoms with Crippen LogP contribution in [0.2, 0.25) is 0 Å². The van der Waals surface area contributed by atoms with Gasteiger partial charge >= 0.3 is 6.09 Å². The lowest BCUT2D eigenvalue weighted by Gasteiger charge is -2.50. The third-order valence-electron chi connectivity index (χ3n) is 11.6. The highest BCUT2D eigenvalue weighted by Gasteiger charge is 2.52. The Balaban J connectivity index is 1.75. The molecule has 0 spiro atoms. The number of nitrogens with two attached hydrogens (primary N) is 1. The lowest BCUT2D eigenvalue weighted by molar-refractivity contribution is -0.174. The molecule has 1 saturated heterocycles. The Morgan fingerprint density at radius 3 is 2.40 bits per heavy atom. The van der Waals surface area contributed by atoms with Gasteiger partial charge in [0.1, 0.15) is 17.9 Å². The molecular formula is C38H58N6O6. The number of hydroxylamine groups is 2. The summed E-state index contributed by atoms with van der Waals surface area (Å²) in [7, 11) is 8.55. The van der Waals surface area contributed by atoms with E-state index in [9.17, 15) is 14.4 Å². The van der Waals surface area contributed by atoms with Crippen molar-refractivity contribution in [1.29, 1.82) is 0 Å². The van der Waals surface area contributed by atoms with Crippen molar-refractivity contribution in [2.24, 2.45) is 34.8 Å². The van der Waals surface area contributed by atoms with E-state index < -0.39 is 30.3 Å². The van der Waals surface area contributed by atoms with Gasteiger partial charge in [0.15, 0.2) is 0 Å². The number of ether oxygens (including phenoxy) is 2. The van der Waals surface area contributed by atoms with Crippen molar-refractivity contribution >= 4 is 23.6 Å². The van der Waals surface area contributed by atoms with Crippen LogP contribution in [0.15, 0.2) is 36.4 Å². The fourth-order valence-corrected chi connectivity index (χ4v) is 7.69. The quantitative estimate of drug-likeness (QED) is 0.269. The van der Waals surface area contributed by atoms with Gasteiger partial charge in [-0.15, -0.1) is 0 Å². The Bertz CT molecular complexity index is 1530. The molecule has 1 aliphatic carbocycles. The molecule has 0 unspecified atom stereocenters. The molecule has 276 valence electrons. The Morgan fingerprint density at radius 2 is 1.80 bits per heavy atom. The van der Waals surface area contributed by atoms with Gasteiger partial charge in [0.25, 0.3) is 5.91 Å². The number of carbonyl (C=O) groups is 3. The van der Waals surface area contributed by atoms with Crippen LogP contribution in [0.25, 0.3) is 11.1 Å². The summed E-state index contributed by atoms with van der Waals surface area (Å²) in [6.45, 7) is 13.4. The number of hydrogen-bond donors (Lipinski definition) is 4. The van der Waals surface area contributed by atoms with Crippen LogP contribution >= 0.6 is 0 Å². The first kappa shape index (κ1) is 38.9. The number of rotatable bonds is 11. The van der Waals surface area contributed by atoms with Crippen LogP contribution < -0.4 is 31.3 Å². The zero-order chi connectivity index (χ0) is 37.1. The van der Waals surface area contributed by atoms with Gasteiger partial charge in [0.2, 0.25) is 5.91 Å². The van der Waals surface area contributed by atoms with Crippen molar-refractivity contribution in [1.82, 2.24) is 21.0 Å². The number of hydrogen-bond acceptors (Lipinski definition) is 9. The van der Waals surface area contributed by atoms with Crippen molar-refractivity contribution in [2.75, 3.05) is 46.7 Å². The molecule has 2 fully saturated rings. The van der Waals surface area contributed by atoms with Gasteiger partial charge in [0, 0.05) is 63.2 Å². The molecule has 0 radical (unpaired) electrons. The normalized spacial score (nSPS) is 26.8. The van der Waals surface area contributed by atoms with E-state index in [1.165, 1.54) is 7.05 Å². The van der Waals surface area contributed by atoms with Crippen molar-refractivity contribution < 1.29 is 28.7 Å². The zero-order valence-electron chi connectivity index (χ0n) is 31.6.